The van der Waals surface area contributed by atoms with E-state index in [1.807, 2.05) is 6.92 Å². The van der Waals surface area contributed by atoms with Crippen molar-refractivity contribution in [3.63, 3.8) is 0 Å². The molecule has 1 heterocycles. The zero-order chi connectivity index (χ0) is 20.0. The van der Waals surface area contributed by atoms with E-state index in [2.05, 4.69) is 10.0 Å². The summed E-state index contributed by atoms with van der Waals surface area (Å²) in [6.45, 7) is 3.62. The third kappa shape index (κ3) is 5.24. The van der Waals surface area contributed by atoms with Gasteiger partial charge in [0.05, 0.1) is 24.2 Å². The lowest BCUT2D eigenvalue weighted by atomic mass is 10.1. The van der Waals surface area contributed by atoms with Gasteiger partial charge < -0.3 is 14.8 Å². The Hall–Kier alpha value is -2.58. The molecule has 1 aliphatic heterocycles. The number of carbonyl (C=O) groups is 1. The largest absolute Gasteiger partial charge is 0.494 e. The molecule has 0 radical (unpaired) electrons. The van der Waals surface area contributed by atoms with E-state index in [9.17, 15) is 13.2 Å². The lowest BCUT2D eigenvalue weighted by Crippen LogP contribution is -2.40. The van der Waals surface area contributed by atoms with Gasteiger partial charge >= 0.3 is 0 Å². The molecule has 1 unspecified atom stereocenters. The van der Waals surface area contributed by atoms with Gasteiger partial charge in [-0.1, -0.05) is 0 Å². The summed E-state index contributed by atoms with van der Waals surface area (Å²) in [6, 6.07) is 12.5. The van der Waals surface area contributed by atoms with Crippen molar-refractivity contribution in [1.29, 1.82) is 0 Å². The summed E-state index contributed by atoms with van der Waals surface area (Å²) in [7, 11) is -3.72. The molecule has 1 atom stereocenters. The number of anilines is 1. The van der Waals surface area contributed by atoms with E-state index in [-0.39, 0.29) is 16.8 Å². The second-order valence-electron chi connectivity index (χ2n) is 6.47. The van der Waals surface area contributed by atoms with Gasteiger partial charge in [0.15, 0.2) is 0 Å². The Bertz CT molecular complexity index is 889. The van der Waals surface area contributed by atoms with Gasteiger partial charge in [-0.15, -0.1) is 0 Å². The number of amides is 1. The lowest BCUT2D eigenvalue weighted by Gasteiger charge is -2.23. The van der Waals surface area contributed by atoms with Gasteiger partial charge in [-0.2, -0.15) is 0 Å². The summed E-state index contributed by atoms with van der Waals surface area (Å²) >= 11 is 0. The number of hydrogen-bond acceptors (Lipinski definition) is 5. The summed E-state index contributed by atoms with van der Waals surface area (Å²) in [5, 5.41) is 2.93. The SMILES string of the molecule is CCOc1ccc(S(=O)(=O)Nc2ccc(C(=O)NC3CCCOC3)cc2)cc1. The first-order valence-corrected chi connectivity index (χ1v) is 10.7. The highest BCUT2D eigenvalue weighted by Gasteiger charge is 2.18. The maximum atomic E-state index is 12.5. The molecule has 1 saturated heterocycles. The van der Waals surface area contributed by atoms with Crippen molar-refractivity contribution in [3.8, 4) is 5.75 Å². The van der Waals surface area contributed by atoms with Gasteiger partial charge in [0.1, 0.15) is 5.75 Å². The fourth-order valence-corrected chi connectivity index (χ4v) is 3.97. The molecule has 1 aliphatic rings. The van der Waals surface area contributed by atoms with Crippen LogP contribution in [0.2, 0.25) is 0 Å². The van der Waals surface area contributed by atoms with Crippen LogP contribution in [0.15, 0.2) is 53.4 Å². The summed E-state index contributed by atoms with van der Waals surface area (Å²) in [5.41, 5.74) is 0.848. The Morgan fingerprint density at radius 3 is 2.46 bits per heavy atom. The molecule has 1 amide bonds. The van der Waals surface area contributed by atoms with Crippen LogP contribution in [0.5, 0.6) is 5.75 Å². The molecule has 0 bridgehead atoms. The van der Waals surface area contributed by atoms with Crippen molar-refractivity contribution >= 4 is 21.6 Å². The first kappa shape index (κ1) is 20.2. The molecule has 2 aromatic rings. The van der Waals surface area contributed by atoms with Gasteiger partial charge in [-0.25, -0.2) is 8.42 Å². The van der Waals surface area contributed by atoms with Gasteiger partial charge in [0.25, 0.3) is 15.9 Å². The summed E-state index contributed by atoms with van der Waals surface area (Å²) in [5.74, 6) is 0.414. The zero-order valence-electron chi connectivity index (χ0n) is 15.7. The van der Waals surface area contributed by atoms with Crippen molar-refractivity contribution in [3.05, 3.63) is 54.1 Å². The van der Waals surface area contributed by atoms with Crippen molar-refractivity contribution in [2.75, 3.05) is 24.5 Å². The second kappa shape index (κ2) is 9.07. The topological polar surface area (TPSA) is 93.7 Å². The van der Waals surface area contributed by atoms with Crippen molar-refractivity contribution < 1.29 is 22.7 Å². The standard InChI is InChI=1S/C20H24N2O5S/c1-2-27-18-9-11-19(12-10-18)28(24,25)22-16-7-5-15(6-8-16)20(23)21-17-4-3-13-26-14-17/h5-12,17,22H,2-4,13-14H2,1H3,(H,21,23). The van der Waals surface area contributed by atoms with E-state index in [1.54, 1.807) is 36.4 Å². The predicted octanol–water partition coefficient (Wildman–Crippen LogP) is 2.79. The lowest BCUT2D eigenvalue weighted by molar-refractivity contribution is 0.0624. The molecular weight excluding hydrogens is 380 g/mol. The minimum atomic E-state index is -3.72. The maximum absolute atomic E-state index is 12.5. The number of nitrogens with one attached hydrogen (secondary N) is 2. The fraction of sp³-hybridized carbons (Fsp3) is 0.350. The van der Waals surface area contributed by atoms with Crippen LogP contribution >= 0.6 is 0 Å². The quantitative estimate of drug-likeness (QED) is 0.740. The van der Waals surface area contributed by atoms with E-state index in [1.165, 1.54) is 12.1 Å². The normalized spacial score (nSPS) is 17.0. The van der Waals surface area contributed by atoms with E-state index in [0.29, 0.717) is 30.2 Å². The van der Waals surface area contributed by atoms with Crippen LogP contribution in [-0.2, 0) is 14.8 Å². The Morgan fingerprint density at radius 2 is 1.86 bits per heavy atom. The minimum Gasteiger partial charge on any atom is -0.494 e. The van der Waals surface area contributed by atoms with Crippen molar-refractivity contribution in [2.45, 2.75) is 30.7 Å². The van der Waals surface area contributed by atoms with E-state index in [0.717, 1.165) is 19.4 Å². The van der Waals surface area contributed by atoms with Crippen molar-refractivity contribution in [1.82, 2.24) is 5.32 Å². The molecule has 2 N–H and O–H groups in total. The van der Waals surface area contributed by atoms with Crippen molar-refractivity contribution in [2.24, 2.45) is 0 Å². The van der Waals surface area contributed by atoms with E-state index >= 15 is 0 Å². The summed E-state index contributed by atoms with van der Waals surface area (Å²) in [4.78, 5) is 12.4. The van der Waals surface area contributed by atoms with Crippen LogP contribution in [0.4, 0.5) is 5.69 Å². The number of hydrogen-bond donors (Lipinski definition) is 2. The fourth-order valence-electron chi connectivity index (χ4n) is 2.91. The molecule has 3 rings (SSSR count). The second-order valence-corrected chi connectivity index (χ2v) is 8.16. The summed E-state index contributed by atoms with van der Waals surface area (Å²) in [6.07, 6.45) is 1.82. The predicted molar refractivity (Wildman–Crippen MR) is 106 cm³/mol. The minimum absolute atomic E-state index is 0.0130. The summed E-state index contributed by atoms with van der Waals surface area (Å²) < 4.78 is 38.2. The highest BCUT2D eigenvalue weighted by atomic mass is 32.2. The first-order valence-electron chi connectivity index (χ1n) is 9.22. The molecule has 2 aromatic carbocycles. The number of sulfonamides is 1. The third-order valence-corrected chi connectivity index (χ3v) is 5.74. The number of benzene rings is 2. The van der Waals surface area contributed by atoms with Crippen LogP contribution in [0.25, 0.3) is 0 Å². The monoisotopic (exact) mass is 404 g/mol. The molecule has 0 spiro atoms. The van der Waals surface area contributed by atoms with Gasteiger partial charge in [0, 0.05) is 17.9 Å². The molecule has 0 saturated carbocycles. The molecule has 28 heavy (non-hydrogen) atoms. The molecule has 150 valence electrons. The molecule has 0 aromatic heterocycles. The average Bonchev–Trinajstić information content (AvgIpc) is 2.70. The van der Waals surface area contributed by atoms with Gasteiger partial charge in [0.2, 0.25) is 0 Å². The molecular formula is C20H24N2O5S. The highest BCUT2D eigenvalue weighted by molar-refractivity contribution is 7.92. The number of carbonyl (C=O) groups excluding carboxylic acids is 1. The zero-order valence-corrected chi connectivity index (χ0v) is 16.5. The Kier molecular flexibility index (Phi) is 6.53. The first-order chi connectivity index (χ1) is 13.5. The smallest absolute Gasteiger partial charge is 0.261 e. The van der Waals surface area contributed by atoms with Crippen LogP contribution in [0.1, 0.15) is 30.1 Å². The molecule has 8 heteroatoms. The Balaban J connectivity index is 1.63. The molecule has 1 fully saturated rings. The van der Waals surface area contributed by atoms with E-state index in [4.69, 9.17) is 9.47 Å². The van der Waals surface area contributed by atoms with Crippen LogP contribution < -0.4 is 14.8 Å². The molecule has 7 nitrogen and oxygen atoms in total. The van der Waals surface area contributed by atoms with Crippen LogP contribution in [-0.4, -0.2) is 40.2 Å². The Labute approximate surface area is 165 Å². The van der Waals surface area contributed by atoms with Gasteiger partial charge in [-0.3, -0.25) is 9.52 Å². The molecule has 0 aliphatic carbocycles. The Morgan fingerprint density at radius 1 is 1.14 bits per heavy atom. The van der Waals surface area contributed by atoms with Crippen LogP contribution in [0.3, 0.4) is 0 Å². The van der Waals surface area contributed by atoms with Gasteiger partial charge in [-0.05, 0) is 68.3 Å². The highest BCUT2D eigenvalue weighted by Crippen LogP contribution is 2.20. The number of ether oxygens (including phenoxy) is 2. The number of rotatable bonds is 7. The van der Waals surface area contributed by atoms with E-state index < -0.39 is 10.0 Å². The maximum Gasteiger partial charge on any atom is 0.261 e. The average molecular weight is 404 g/mol. The third-order valence-electron chi connectivity index (χ3n) is 4.34. The van der Waals surface area contributed by atoms with Crippen LogP contribution in [0, 0.1) is 0 Å².